The summed E-state index contributed by atoms with van der Waals surface area (Å²) in [5.41, 5.74) is 6.89. The van der Waals surface area contributed by atoms with Gasteiger partial charge in [-0.1, -0.05) is 105 Å². The average Bonchev–Trinajstić information content (AvgIpc) is 4.43. The van der Waals surface area contributed by atoms with E-state index in [1.165, 1.54) is 182 Å². The largest absolute Gasteiger partial charge is 0.224 e. The summed E-state index contributed by atoms with van der Waals surface area (Å²) >= 11 is 15.2. The molecule has 0 aliphatic heterocycles. The summed E-state index contributed by atoms with van der Waals surface area (Å²) in [6.45, 7) is 9.14. The molecule has 11 aromatic rings. The number of rotatable bonds is 28. The van der Waals surface area contributed by atoms with Gasteiger partial charge in [0.2, 0.25) is 0 Å². The van der Waals surface area contributed by atoms with E-state index >= 15 is 0 Å². The third-order valence-electron chi connectivity index (χ3n) is 14.6. The summed E-state index contributed by atoms with van der Waals surface area (Å²) in [7, 11) is 0. The molecule has 0 fully saturated rings. The Balaban J connectivity index is 0.985. The zero-order valence-electron chi connectivity index (χ0n) is 45.6. The van der Waals surface area contributed by atoms with Crippen molar-refractivity contribution >= 4 is 113 Å². The summed E-state index contributed by atoms with van der Waals surface area (Å²) in [5, 5.41) is 0. The van der Waals surface area contributed by atoms with Crippen LogP contribution in [0, 0.1) is 0 Å². The maximum atomic E-state index is 5.50. The third-order valence-corrected chi connectivity index (χ3v) is 24.4. The van der Waals surface area contributed by atoms with Gasteiger partial charge in [0.25, 0.3) is 0 Å². The predicted octanol–water partition coefficient (Wildman–Crippen LogP) is 23.9. The van der Waals surface area contributed by atoms with Crippen LogP contribution in [0.5, 0.6) is 0 Å². The molecule has 11 rings (SSSR count). The SMILES string of the molecule is CCCCCCc1ccc(-c2ccc(-c3cc4nc5nc(-c6ccc(-c7ccc(CCCCCC)s7)s6)c(-c6ccc(-c7ccc(CCCCCC)s7)s6)nc5nc4cc3-c3ccc(-c4ccc(CCCCCC)s4)s3)s2)s1. The first kappa shape index (κ1) is 55.4. The number of hydrogen-bond donors (Lipinski definition) is 0. The lowest BCUT2D eigenvalue weighted by Crippen LogP contribution is -1.98. The van der Waals surface area contributed by atoms with Crippen molar-refractivity contribution in [1.82, 2.24) is 19.9 Å². The van der Waals surface area contributed by atoms with Crippen molar-refractivity contribution in [3.8, 4) is 81.0 Å². The number of nitrogens with zero attached hydrogens (tertiary/aromatic N) is 4. The minimum Gasteiger partial charge on any atom is -0.224 e. The minimum absolute atomic E-state index is 0.571. The molecule has 10 heterocycles. The fourth-order valence-corrected chi connectivity index (χ4v) is 18.8. The molecule has 1 aromatic carbocycles. The van der Waals surface area contributed by atoms with Crippen LogP contribution in [0.25, 0.3) is 103 Å². The van der Waals surface area contributed by atoms with Gasteiger partial charge in [0, 0.05) is 79.4 Å². The number of thiophene rings is 8. The van der Waals surface area contributed by atoms with Crippen LogP contribution in [-0.2, 0) is 25.7 Å². The number of aromatic nitrogens is 4. The van der Waals surface area contributed by atoms with E-state index in [-0.39, 0.29) is 0 Å². The Bertz CT molecular complexity index is 3220. The highest BCUT2D eigenvalue weighted by atomic mass is 32.1. The summed E-state index contributed by atoms with van der Waals surface area (Å²) in [6, 6.07) is 41.5. The number of aryl methyl sites for hydroxylation is 4. The molecule has 0 unspecified atom stereocenters. The smallest absolute Gasteiger partial charge is 0.199 e. The van der Waals surface area contributed by atoms with Crippen LogP contribution in [0.15, 0.2) is 109 Å². The monoisotopic (exact) mass is 1170 g/mol. The van der Waals surface area contributed by atoms with Gasteiger partial charge in [-0.2, -0.15) is 0 Å². The normalized spacial score (nSPS) is 11.8. The molecule has 0 radical (unpaired) electrons. The molecule has 0 aliphatic carbocycles. The lowest BCUT2D eigenvalue weighted by molar-refractivity contribution is 0.670. The van der Waals surface area contributed by atoms with E-state index in [0.29, 0.717) is 11.3 Å². The second-order valence-corrected chi connectivity index (χ2v) is 29.6. The number of unbranched alkanes of at least 4 members (excludes halogenated alkanes) is 12. The molecular formula is C66H70N4S8. The van der Waals surface area contributed by atoms with Gasteiger partial charge in [0.05, 0.1) is 20.8 Å². The van der Waals surface area contributed by atoms with Crippen molar-refractivity contribution in [3.63, 3.8) is 0 Å². The van der Waals surface area contributed by atoms with E-state index in [4.69, 9.17) is 19.9 Å². The highest BCUT2D eigenvalue weighted by Crippen LogP contribution is 2.48. The Kier molecular flexibility index (Phi) is 19.1. The Morgan fingerprint density at radius 1 is 0.256 bits per heavy atom. The highest BCUT2D eigenvalue weighted by molar-refractivity contribution is 7.26. The van der Waals surface area contributed by atoms with E-state index < -0.39 is 0 Å². The number of benzene rings is 1. The molecule has 0 bridgehead atoms. The Morgan fingerprint density at radius 3 is 0.821 bits per heavy atom. The van der Waals surface area contributed by atoms with Crippen LogP contribution in [0.1, 0.15) is 150 Å². The second kappa shape index (κ2) is 26.8. The first-order valence-electron chi connectivity index (χ1n) is 28.7. The van der Waals surface area contributed by atoms with Crippen LogP contribution in [-0.4, -0.2) is 19.9 Å². The molecule has 0 N–H and O–H groups in total. The van der Waals surface area contributed by atoms with Gasteiger partial charge in [-0.25, -0.2) is 19.9 Å². The quantitative estimate of drug-likeness (QED) is 0.0362. The van der Waals surface area contributed by atoms with Crippen LogP contribution >= 0.6 is 90.7 Å². The second-order valence-electron chi connectivity index (χ2n) is 20.6. The molecule has 0 saturated carbocycles. The molecule has 0 aliphatic rings. The van der Waals surface area contributed by atoms with Gasteiger partial charge in [-0.3, -0.25) is 0 Å². The minimum atomic E-state index is 0.571. The first-order chi connectivity index (χ1) is 38.4. The Labute approximate surface area is 494 Å². The first-order valence-corrected chi connectivity index (χ1v) is 35.3. The van der Waals surface area contributed by atoms with Crippen LogP contribution < -0.4 is 0 Å². The average molecular weight is 1180 g/mol. The van der Waals surface area contributed by atoms with Crippen molar-refractivity contribution in [2.45, 2.75) is 156 Å². The molecule has 10 aromatic heterocycles. The fourth-order valence-electron chi connectivity index (χ4n) is 10.2. The van der Waals surface area contributed by atoms with E-state index in [9.17, 15) is 0 Å². The van der Waals surface area contributed by atoms with E-state index in [1.807, 2.05) is 68.0 Å². The van der Waals surface area contributed by atoms with Gasteiger partial charge in [0.1, 0.15) is 11.4 Å². The number of fused-ring (bicyclic) bond motifs is 2. The van der Waals surface area contributed by atoms with Crippen molar-refractivity contribution in [2.24, 2.45) is 0 Å². The zero-order chi connectivity index (χ0) is 53.2. The molecule has 4 nitrogen and oxygen atoms in total. The van der Waals surface area contributed by atoms with Gasteiger partial charge < -0.3 is 0 Å². The third kappa shape index (κ3) is 13.3. The summed E-state index contributed by atoms with van der Waals surface area (Å²) < 4.78 is 0. The maximum absolute atomic E-state index is 5.50. The predicted molar refractivity (Wildman–Crippen MR) is 351 cm³/mol. The van der Waals surface area contributed by atoms with E-state index in [1.54, 1.807) is 22.7 Å². The molecular weight excluding hydrogens is 1110 g/mol. The molecule has 12 heteroatoms. The van der Waals surface area contributed by atoms with E-state index in [2.05, 4.69) is 137 Å². The van der Waals surface area contributed by atoms with Gasteiger partial charge in [-0.05, 0) is 161 Å². The van der Waals surface area contributed by atoms with Crippen LogP contribution in [0.4, 0.5) is 0 Å². The van der Waals surface area contributed by atoms with Gasteiger partial charge in [-0.15, -0.1) is 90.7 Å². The van der Waals surface area contributed by atoms with Gasteiger partial charge in [0.15, 0.2) is 11.3 Å². The highest BCUT2D eigenvalue weighted by Gasteiger charge is 2.23. The topological polar surface area (TPSA) is 51.6 Å². The number of hydrogen-bond acceptors (Lipinski definition) is 12. The molecule has 0 spiro atoms. The summed E-state index contributed by atoms with van der Waals surface area (Å²) in [5.74, 6) is 0. The Hall–Kier alpha value is -4.50. The Morgan fingerprint density at radius 2 is 0.513 bits per heavy atom. The van der Waals surface area contributed by atoms with Crippen LogP contribution in [0.2, 0.25) is 0 Å². The van der Waals surface area contributed by atoms with Crippen molar-refractivity contribution < 1.29 is 0 Å². The molecule has 0 saturated heterocycles. The van der Waals surface area contributed by atoms with Crippen molar-refractivity contribution in [3.05, 3.63) is 129 Å². The van der Waals surface area contributed by atoms with Crippen molar-refractivity contribution in [1.29, 1.82) is 0 Å². The van der Waals surface area contributed by atoms with E-state index in [0.717, 1.165) is 57.9 Å². The van der Waals surface area contributed by atoms with Gasteiger partial charge >= 0.3 is 0 Å². The molecule has 0 amide bonds. The lowest BCUT2D eigenvalue weighted by Gasteiger charge is -2.11. The zero-order valence-corrected chi connectivity index (χ0v) is 52.1. The lowest BCUT2D eigenvalue weighted by atomic mass is 10.0. The molecule has 402 valence electrons. The summed E-state index contributed by atoms with van der Waals surface area (Å²) in [4.78, 5) is 42.8. The standard InChI is InChI=1S/C66H70N4S8/c1-5-9-13-17-21-43-25-29-53(71-43)57-35-33-51(75-57)47-41-49-50(42-48(47)52-34-36-58(76-52)54-30-26-44(72-54)22-18-14-10-6-2)68-66-65(67-49)69-63(61-39-37-59(77-61)55-31-27-45(73-55)23-19-15-11-7-3)64(70-66)62-40-38-60(78-62)56-32-28-46(74-56)24-20-16-12-8-4/h25-42H,5-24H2,1-4H3. The summed E-state index contributed by atoms with van der Waals surface area (Å²) in [6.07, 6.45) is 25.1. The van der Waals surface area contributed by atoms with Crippen LogP contribution in [0.3, 0.4) is 0 Å². The molecule has 78 heavy (non-hydrogen) atoms. The van der Waals surface area contributed by atoms with Crippen molar-refractivity contribution in [2.75, 3.05) is 0 Å². The maximum Gasteiger partial charge on any atom is 0.199 e. The molecule has 0 atom stereocenters. The fraction of sp³-hybridized carbons (Fsp3) is 0.364.